The first-order chi connectivity index (χ1) is 14.5. The molecule has 7 heteroatoms. The number of nitrogens with one attached hydrogen (secondary N) is 2. The van der Waals surface area contributed by atoms with E-state index in [1.54, 1.807) is 25.4 Å². The standard InChI is InChI=1S/C23H28N2O5.2H2/c1-12-16-10-25-6-5-13-15-8-20(27-2)21(28-3)9-18(15)24-22(13)19(25)7-14(16)17(11-30-12)23(26)29-4;;/h8-9,11-12,14,16,19,24H,5-7,10H2,1-4H3;2*1H/p+1/t12-,14?,16+,19?;;/m0../s1. The molecule has 0 bridgehead atoms. The molecule has 1 saturated heterocycles. The van der Waals surface area contributed by atoms with Crippen molar-refractivity contribution in [2.45, 2.75) is 31.9 Å². The Morgan fingerprint density at radius 2 is 2.00 bits per heavy atom. The third-order valence-corrected chi connectivity index (χ3v) is 7.32. The van der Waals surface area contributed by atoms with Crippen LogP contribution in [0.15, 0.2) is 24.0 Å². The summed E-state index contributed by atoms with van der Waals surface area (Å²) in [6.45, 7) is 4.18. The van der Waals surface area contributed by atoms with Crippen molar-refractivity contribution in [1.82, 2.24) is 4.98 Å². The number of carbonyl (C=O) groups is 1. The highest BCUT2D eigenvalue weighted by atomic mass is 16.5. The van der Waals surface area contributed by atoms with Crippen LogP contribution in [-0.2, 0) is 20.7 Å². The van der Waals surface area contributed by atoms with Gasteiger partial charge in [-0.3, -0.25) is 0 Å². The second kappa shape index (κ2) is 7.23. The van der Waals surface area contributed by atoms with Gasteiger partial charge in [0.15, 0.2) is 11.5 Å². The van der Waals surface area contributed by atoms with Crippen molar-refractivity contribution >= 4 is 16.9 Å². The quantitative estimate of drug-likeness (QED) is 0.750. The molecule has 3 aliphatic heterocycles. The molecule has 0 spiro atoms. The molecule has 1 fully saturated rings. The summed E-state index contributed by atoms with van der Waals surface area (Å²) in [6.07, 6.45) is 3.66. The Morgan fingerprint density at radius 1 is 1.23 bits per heavy atom. The van der Waals surface area contributed by atoms with Gasteiger partial charge in [0, 0.05) is 33.1 Å². The highest BCUT2D eigenvalue weighted by molar-refractivity contribution is 5.89. The van der Waals surface area contributed by atoms with Crippen LogP contribution >= 0.6 is 0 Å². The molecule has 0 amide bonds. The van der Waals surface area contributed by atoms with Gasteiger partial charge in [0.2, 0.25) is 0 Å². The minimum absolute atomic E-state index is 0. The van der Waals surface area contributed by atoms with E-state index in [0.29, 0.717) is 17.5 Å². The van der Waals surface area contributed by atoms with Crippen LogP contribution in [-0.4, -0.2) is 51.5 Å². The third kappa shape index (κ3) is 2.79. The van der Waals surface area contributed by atoms with Gasteiger partial charge in [-0.15, -0.1) is 0 Å². The second-order valence-corrected chi connectivity index (χ2v) is 8.60. The van der Waals surface area contributed by atoms with Gasteiger partial charge in [0.05, 0.1) is 63.4 Å². The number of H-pyrrole nitrogens is 1. The molecule has 3 unspecified atom stereocenters. The smallest absolute Gasteiger partial charge is 0.337 e. The van der Waals surface area contributed by atoms with E-state index in [0.717, 1.165) is 42.9 Å². The lowest BCUT2D eigenvalue weighted by atomic mass is 9.72. The predicted molar refractivity (Wildman–Crippen MR) is 115 cm³/mol. The zero-order valence-electron chi connectivity index (χ0n) is 17.9. The lowest BCUT2D eigenvalue weighted by Crippen LogP contribution is -3.15. The molecule has 1 aromatic carbocycles. The summed E-state index contributed by atoms with van der Waals surface area (Å²) in [7, 11) is 4.77. The van der Waals surface area contributed by atoms with Gasteiger partial charge in [-0.25, -0.2) is 4.79 Å². The maximum absolute atomic E-state index is 12.4. The number of carbonyl (C=O) groups excluding carboxylic acids is 1. The van der Waals surface area contributed by atoms with Crippen molar-refractivity contribution in [1.29, 1.82) is 0 Å². The summed E-state index contributed by atoms with van der Waals surface area (Å²) in [5.74, 6) is 1.67. The zero-order valence-corrected chi connectivity index (χ0v) is 17.9. The summed E-state index contributed by atoms with van der Waals surface area (Å²) in [6, 6.07) is 4.42. The fourth-order valence-electron chi connectivity index (χ4n) is 5.77. The van der Waals surface area contributed by atoms with Gasteiger partial charge < -0.3 is 28.8 Å². The summed E-state index contributed by atoms with van der Waals surface area (Å²) >= 11 is 0. The molecule has 0 aliphatic carbocycles. The second-order valence-electron chi connectivity index (χ2n) is 8.60. The number of hydrogen-bond acceptors (Lipinski definition) is 5. The van der Waals surface area contributed by atoms with Crippen molar-refractivity contribution in [3.63, 3.8) is 0 Å². The molecule has 164 valence electrons. The van der Waals surface area contributed by atoms with Gasteiger partial charge in [-0.1, -0.05) is 0 Å². The minimum atomic E-state index is -0.275. The molecule has 2 aromatic rings. The van der Waals surface area contributed by atoms with E-state index in [4.69, 9.17) is 18.9 Å². The average molecular weight is 418 g/mol. The molecule has 2 N–H and O–H groups in total. The van der Waals surface area contributed by atoms with Crippen LogP contribution in [0.3, 0.4) is 0 Å². The number of esters is 1. The Kier molecular flexibility index (Phi) is 4.65. The number of rotatable bonds is 3. The van der Waals surface area contributed by atoms with E-state index in [1.807, 2.05) is 6.07 Å². The third-order valence-electron chi connectivity index (χ3n) is 7.32. The first-order valence-corrected chi connectivity index (χ1v) is 10.6. The highest BCUT2D eigenvalue weighted by Gasteiger charge is 2.49. The van der Waals surface area contributed by atoms with Crippen LogP contribution in [0.1, 0.15) is 33.5 Å². The lowest BCUT2D eigenvalue weighted by molar-refractivity contribution is -0.944. The normalized spacial score (nSPS) is 29.7. The van der Waals surface area contributed by atoms with Crippen LogP contribution in [0.25, 0.3) is 10.9 Å². The van der Waals surface area contributed by atoms with E-state index < -0.39 is 0 Å². The van der Waals surface area contributed by atoms with Crippen LogP contribution in [0.2, 0.25) is 0 Å². The monoisotopic (exact) mass is 417 g/mol. The maximum atomic E-state index is 12.4. The molecule has 7 nitrogen and oxygen atoms in total. The lowest BCUT2D eigenvalue weighted by Gasteiger charge is -2.46. The van der Waals surface area contributed by atoms with Crippen LogP contribution in [0.4, 0.5) is 0 Å². The number of ether oxygens (including phenoxy) is 4. The molecule has 0 radical (unpaired) electrons. The molecule has 5 rings (SSSR count). The minimum Gasteiger partial charge on any atom is -0.497 e. The van der Waals surface area contributed by atoms with Gasteiger partial charge >= 0.3 is 5.97 Å². The molecular formula is C23H33N2O5+. The van der Waals surface area contributed by atoms with Crippen LogP contribution in [0.5, 0.6) is 11.5 Å². The molecule has 1 aromatic heterocycles. The van der Waals surface area contributed by atoms with E-state index in [9.17, 15) is 4.79 Å². The van der Waals surface area contributed by atoms with Crippen molar-refractivity contribution in [2.24, 2.45) is 11.8 Å². The van der Waals surface area contributed by atoms with Crippen molar-refractivity contribution in [2.75, 3.05) is 34.4 Å². The first kappa shape index (κ1) is 19.3. The molecular weight excluding hydrogens is 384 g/mol. The molecule has 4 heterocycles. The molecule has 5 atom stereocenters. The number of piperidine rings is 1. The number of methoxy groups -OCH3 is 3. The number of hydrogen-bond donors (Lipinski definition) is 2. The fourth-order valence-corrected chi connectivity index (χ4v) is 5.77. The highest BCUT2D eigenvalue weighted by Crippen LogP contribution is 2.42. The van der Waals surface area contributed by atoms with E-state index in [-0.39, 0.29) is 20.8 Å². The van der Waals surface area contributed by atoms with Crippen LogP contribution < -0.4 is 14.4 Å². The average Bonchev–Trinajstić information content (AvgIpc) is 3.14. The summed E-state index contributed by atoms with van der Waals surface area (Å²) < 4.78 is 21.9. The summed E-state index contributed by atoms with van der Waals surface area (Å²) in [4.78, 5) is 17.7. The number of aromatic amines is 1. The number of aromatic nitrogens is 1. The Morgan fingerprint density at radius 3 is 2.73 bits per heavy atom. The largest absolute Gasteiger partial charge is 0.497 e. The Hall–Kier alpha value is -2.67. The molecule has 30 heavy (non-hydrogen) atoms. The topological polar surface area (TPSA) is 74.2 Å². The molecule has 0 saturated carbocycles. The SMILES string of the molecule is COC(=O)C1=CO[C@@H](C)[C@H]2C[NH+]3CCc4c([nH]c5cc(OC)c(OC)cc45)C3CC12.[HH].[HH]. The van der Waals surface area contributed by atoms with Gasteiger partial charge in [0.1, 0.15) is 12.1 Å². The fraction of sp³-hybridized carbons (Fsp3) is 0.522. The Labute approximate surface area is 178 Å². The number of quaternary nitrogens is 1. The molecule has 3 aliphatic rings. The zero-order chi connectivity index (χ0) is 21.0. The number of benzene rings is 1. The van der Waals surface area contributed by atoms with Crippen molar-refractivity contribution in [3.05, 3.63) is 35.2 Å². The Bertz CT molecular complexity index is 1040. The van der Waals surface area contributed by atoms with Gasteiger partial charge in [-0.2, -0.15) is 0 Å². The van der Waals surface area contributed by atoms with Gasteiger partial charge in [0.25, 0.3) is 0 Å². The summed E-state index contributed by atoms with van der Waals surface area (Å²) in [5, 5.41) is 1.20. The van der Waals surface area contributed by atoms with E-state index >= 15 is 0 Å². The maximum Gasteiger partial charge on any atom is 0.337 e. The summed E-state index contributed by atoms with van der Waals surface area (Å²) in [5.41, 5.74) is 4.39. The first-order valence-electron chi connectivity index (χ1n) is 10.6. The van der Waals surface area contributed by atoms with E-state index in [2.05, 4.69) is 18.0 Å². The van der Waals surface area contributed by atoms with Crippen molar-refractivity contribution < 1.29 is 31.5 Å². The van der Waals surface area contributed by atoms with E-state index in [1.165, 1.54) is 23.8 Å². The Balaban J connectivity index is 0.00000144. The predicted octanol–water partition coefficient (Wildman–Crippen LogP) is 2.27. The van der Waals surface area contributed by atoms with Crippen molar-refractivity contribution in [3.8, 4) is 11.5 Å². The van der Waals surface area contributed by atoms with Gasteiger partial charge in [-0.05, 0) is 18.6 Å². The number of fused-ring (bicyclic) bond motifs is 6. The van der Waals surface area contributed by atoms with Crippen LogP contribution in [0, 0.1) is 11.8 Å².